The third kappa shape index (κ3) is 3.98. The van der Waals surface area contributed by atoms with Crippen LogP contribution in [0.3, 0.4) is 0 Å². The molecule has 7 nitrogen and oxygen atoms in total. The number of carbonyl (C=O) groups is 2. The van der Waals surface area contributed by atoms with Gasteiger partial charge in [0.1, 0.15) is 5.82 Å². The Kier molecular flexibility index (Phi) is 5.60. The number of β-lactam (4-membered cyclic amide) rings is 1. The van der Waals surface area contributed by atoms with Crippen LogP contribution in [0.2, 0.25) is 0 Å². The maximum atomic E-state index is 13.9. The van der Waals surface area contributed by atoms with E-state index >= 15 is 0 Å². The Morgan fingerprint density at radius 1 is 1.19 bits per heavy atom. The molecule has 0 bridgehead atoms. The summed E-state index contributed by atoms with van der Waals surface area (Å²) in [6, 6.07) is 1.73. The smallest absolute Gasteiger partial charge is 0.327 e. The number of anilines is 1. The standard InChI is InChI=1S/C17H24FN3O4S/c1-9(2)12-6-11(18)7-13(10(3)4)16(12)19-17(23)20-26(24,25)15-8-14(22)21(15)5/h6-7,9-10,15H,8H2,1-5H3,(H2,19,20,23). The second-order valence-electron chi connectivity index (χ2n) is 7.03. The molecule has 1 aromatic carbocycles. The topological polar surface area (TPSA) is 95.6 Å². The summed E-state index contributed by atoms with van der Waals surface area (Å²) in [6.07, 6.45) is -0.163. The molecule has 0 saturated carbocycles. The second-order valence-corrected chi connectivity index (χ2v) is 8.87. The third-order valence-electron chi connectivity index (χ3n) is 4.41. The van der Waals surface area contributed by atoms with E-state index in [0.29, 0.717) is 16.8 Å². The predicted octanol–water partition coefficient (Wildman–Crippen LogP) is 2.71. The molecule has 1 aliphatic rings. The molecule has 0 radical (unpaired) electrons. The molecule has 0 aromatic heterocycles. The first-order chi connectivity index (χ1) is 11.9. The van der Waals surface area contributed by atoms with Gasteiger partial charge in [-0.1, -0.05) is 27.7 Å². The van der Waals surface area contributed by atoms with E-state index < -0.39 is 27.2 Å². The van der Waals surface area contributed by atoms with Crippen LogP contribution in [0.15, 0.2) is 12.1 Å². The highest BCUT2D eigenvalue weighted by molar-refractivity contribution is 7.90. The van der Waals surface area contributed by atoms with E-state index in [9.17, 15) is 22.4 Å². The van der Waals surface area contributed by atoms with Gasteiger partial charge in [-0.2, -0.15) is 0 Å². The Morgan fingerprint density at radius 3 is 2.08 bits per heavy atom. The lowest BCUT2D eigenvalue weighted by Gasteiger charge is -2.36. The van der Waals surface area contributed by atoms with Crippen LogP contribution < -0.4 is 10.0 Å². The minimum Gasteiger partial charge on any atom is -0.327 e. The largest absolute Gasteiger partial charge is 0.332 e. The predicted molar refractivity (Wildman–Crippen MR) is 96.8 cm³/mol. The highest BCUT2D eigenvalue weighted by Gasteiger charge is 2.43. The number of nitrogens with zero attached hydrogens (tertiary/aromatic N) is 1. The maximum Gasteiger partial charge on any atom is 0.332 e. The van der Waals surface area contributed by atoms with Gasteiger partial charge in [-0.15, -0.1) is 0 Å². The quantitative estimate of drug-likeness (QED) is 0.762. The number of halogens is 1. The number of likely N-dealkylation sites (tertiary alicyclic amines) is 1. The van der Waals surface area contributed by atoms with Crippen LogP contribution in [0.1, 0.15) is 57.1 Å². The lowest BCUT2D eigenvalue weighted by atomic mass is 9.92. The summed E-state index contributed by atoms with van der Waals surface area (Å²) in [5.41, 5.74) is 1.57. The molecule has 1 aliphatic heterocycles. The van der Waals surface area contributed by atoms with Gasteiger partial charge >= 0.3 is 6.03 Å². The van der Waals surface area contributed by atoms with E-state index in [2.05, 4.69) is 5.32 Å². The highest BCUT2D eigenvalue weighted by Crippen LogP contribution is 2.33. The molecule has 3 amide bonds. The molecule has 1 heterocycles. The molecule has 1 saturated heterocycles. The minimum atomic E-state index is -4.03. The van der Waals surface area contributed by atoms with Gasteiger partial charge in [-0.3, -0.25) is 4.79 Å². The molecule has 1 aromatic rings. The molecule has 2 N–H and O–H groups in total. The minimum absolute atomic E-state index is 0.0782. The van der Waals surface area contributed by atoms with Gasteiger partial charge in [-0.25, -0.2) is 22.3 Å². The zero-order valence-corrected chi connectivity index (χ0v) is 16.3. The van der Waals surface area contributed by atoms with Crippen molar-refractivity contribution in [2.45, 2.75) is 51.3 Å². The Labute approximate surface area is 153 Å². The van der Waals surface area contributed by atoms with Crippen molar-refractivity contribution in [1.29, 1.82) is 0 Å². The first-order valence-electron chi connectivity index (χ1n) is 8.35. The summed E-state index contributed by atoms with van der Waals surface area (Å²) in [5, 5.41) is 1.49. The SMILES string of the molecule is CC(C)c1cc(F)cc(C(C)C)c1NC(=O)NS(=O)(=O)C1CC(=O)N1C. The third-order valence-corrected chi connectivity index (χ3v) is 6.08. The molecule has 1 unspecified atom stereocenters. The van der Waals surface area contributed by atoms with Crippen LogP contribution in [-0.2, 0) is 14.8 Å². The fourth-order valence-electron chi connectivity index (χ4n) is 2.84. The van der Waals surface area contributed by atoms with Crippen LogP contribution in [0.5, 0.6) is 0 Å². The van der Waals surface area contributed by atoms with Crippen molar-refractivity contribution in [3.8, 4) is 0 Å². The van der Waals surface area contributed by atoms with Crippen molar-refractivity contribution in [2.24, 2.45) is 0 Å². The number of benzene rings is 1. The Hall–Kier alpha value is -2.16. The van der Waals surface area contributed by atoms with E-state index in [4.69, 9.17) is 0 Å². The van der Waals surface area contributed by atoms with Gasteiger partial charge in [-0.05, 0) is 35.1 Å². The van der Waals surface area contributed by atoms with Gasteiger partial charge in [0.05, 0.1) is 6.42 Å². The van der Waals surface area contributed by atoms with E-state index in [1.165, 1.54) is 19.2 Å². The number of hydrogen-bond donors (Lipinski definition) is 2. The van der Waals surface area contributed by atoms with Crippen LogP contribution in [-0.4, -0.2) is 37.7 Å². The highest BCUT2D eigenvalue weighted by atomic mass is 32.2. The fraction of sp³-hybridized carbons (Fsp3) is 0.529. The van der Waals surface area contributed by atoms with Gasteiger partial charge in [0.15, 0.2) is 5.37 Å². The van der Waals surface area contributed by atoms with Crippen molar-refractivity contribution in [2.75, 3.05) is 12.4 Å². The van der Waals surface area contributed by atoms with Crippen molar-refractivity contribution < 1.29 is 22.4 Å². The molecule has 2 rings (SSSR count). The van der Waals surface area contributed by atoms with E-state index in [1.807, 2.05) is 32.4 Å². The zero-order chi connectivity index (χ0) is 19.8. The number of urea groups is 1. The number of rotatable bonds is 5. The zero-order valence-electron chi connectivity index (χ0n) is 15.5. The molecule has 0 spiro atoms. The summed E-state index contributed by atoms with van der Waals surface area (Å²) in [7, 11) is -2.67. The molecule has 1 fully saturated rings. The Bertz CT molecular complexity index is 807. The van der Waals surface area contributed by atoms with E-state index in [-0.39, 0.29) is 24.2 Å². The normalized spacial score (nSPS) is 17.5. The maximum absolute atomic E-state index is 13.9. The fourth-order valence-corrected chi connectivity index (χ4v) is 4.18. The van der Waals surface area contributed by atoms with Crippen LogP contribution >= 0.6 is 0 Å². The lowest BCUT2D eigenvalue weighted by molar-refractivity contribution is -0.139. The van der Waals surface area contributed by atoms with Gasteiger partial charge in [0.25, 0.3) is 10.0 Å². The number of amides is 3. The monoisotopic (exact) mass is 385 g/mol. The lowest BCUT2D eigenvalue weighted by Crippen LogP contribution is -2.58. The number of sulfonamides is 1. The van der Waals surface area contributed by atoms with Crippen molar-refractivity contribution >= 4 is 27.6 Å². The molecule has 0 aliphatic carbocycles. The first kappa shape index (κ1) is 20.2. The Balaban J connectivity index is 2.27. The van der Waals surface area contributed by atoms with Gasteiger partial charge in [0.2, 0.25) is 5.91 Å². The summed E-state index contributed by atoms with van der Waals surface area (Å²) >= 11 is 0. The summed E-state index contributed by atoms with van der Waals surface area (Å²) < 4.78 is 40.3. The Morgan fingerprint density at radius 2 is 1.69 bits per heavy atom. The molecular formula is C17H24FN3O4S. The van der Waals surface area contributed by atoms with Crippen LogP contribution in [0, 0.1) is 5.82 Å². The summed E-state index contributed by atoms with van der Waals surface area (Å²) in [4.78, 5) is 24.6. The molecule has 144 valence electrons. The summed E-state index contributed by atoms with van der Waals surface area (Å²) in [6.45, 7) is 7.42. The van der Waals surface area contributed by atoms with Crippen LogP contribution in [0.4, 0.5) is 14.9 Å². The average Bonchev–Trinajstić information content (AvgIpc) is 2.52. The number of nitrogens with one attached hydrogen (secondary N) is 2. The van der Waals surface area contributed by atoms with Crippen LogP contribution in [0.25, 0.3) is 0 Å². The van der Waals surface area contributed by atoms with E-state index in [1.54, 1.807) is 0 Å². The molecular weight excluding hydrogens is 361 g/mol. The van der Waals surface area contributed by atoms with Gasteiger partial charge < -0.3 is 10.2 Å². The van der Waals surface area contributed by atoms with Crippen molar-refractivity contribution in [1.82, 2.24) is 9.62 Å². The van der Waals surface area contributed by atoms with Crippen molar-refractivity contribution in [3.63, 3.8) is 0 Å². The van der Waals surface area contributed by atoms with Gasteiger partial charge in [0, 0.05) is 12.7 Å². The van der Waals surface area contributed by atoms with Crippen molar-refractivity contribution in [3.05, 3.63) is 29.1 Å². The molecule has 1 atom stereocenters. The molecule has 9 heteroatoms. The summed E-state index contributed by atoms with van der Waals surface area (Å²) in [5.74, 6) is -0.870. The molecule has 26 heavy (non-hydrogen) atoms. The van der Waals surface area contributed by atoms with E-state index in [0.717, 1.165) is 4.90 Å². The second kappa shape index (κ2) is 7.22. The first-order valence-corrected chi connectivity index (χ1v) is 9.90. The number of carbonyl (C=O) groups excluding carboxylic acids is 2. The average molecular weight is 385 g/mol. The number of hydrogen-bond acceptors (Lipinski definition) is 4.